The molecule has 1 saturated heterocycles. The number of aliphatic carboxylic acids is 1. The molecule has 21 heavy (non-hydrogen) atoms. The SMILES string of the molecule is CC(CNC(=O)N1CCOCC1C(=O)NC1CC1)C(=O)O. The van der Waals surface area contributed by atoms with Crippen LogP contribution in [-0.2, 0) is 14.3 Å². The van der Waals surface area contributed by atoms with Gasteiger partial charge >= 0.3 is 12.0 Å². The first-order valence-electron chi connectivity index (χ1n) is 7.14. The third-order valence-electron chi connectivity index (χ3n) is 3.60. The molecule has 0 aromatic carbocycles. The van der Waals surface area contributed by atoms with E-state index in [0.717, 1.165) is 12.8 Å². The number of carboxylic acids is 1. The van der Waals surface area contributed by atoms with E-state index >= 15 is 0 Å². The number of morpholine rings is 1. The highest BCUT2D eigenvalue weighted by molar-refractivity contribution is 5.88. The average molecular weight is 299 g/mol. The van der Waals surface area contributed by atoms with Crippen LogP contribution in [0.1, 0.15) is 19.8 Å². The lowest BCUT2D eigenvalue weighted by molar-refractivity contribution is -0.141. The van der Waals surface area contributed by atoms with Crippen molar-refractivity contribution in [1.82, 2.24) is 15.5 Å². The van der Waals surface area contributed by atoms with E-state index in [0.29, 0.717) is 13.2 Å². The van der Waals surface area contributed by atoms with E-state index in [-0.39, 0.29) is 25.1 Å². The number of rotatable bonds is 5. The van der Waals surface area contributed by atoms with Crippen molar-refractivity contribution in [2.75, 3.05) is 26.3 Å². The summed E-state index contributed by atoms with van der Waals surface area (Å²) in [5.41, 5.74) is 0. The predicted molar refractivity (Wildman–Crippen MR) is 72.7 cm³/mol. The molecule has 2 fully saturated rings. The van der Waals surface area contributed by atoms with Crippen LogP contribution in [-0.4, -0.2) is 66.3 Å². The molecule has 1 aliphatic heterocycles. The number of hydrogen-bond donors (Lipinski definition) is 3. The van der Waals surface area contributed by atoms with Gasteiger partial charge < -0.3 is 25.4 Å². The fourth-order valence-corrected chi connectivity index (χ4v) is 2.02. The van der Waals surface area contributed by atoms with Gasteiger partial charge in [0.25, 0.3) is 0 Å². The number of hydrogen-bond acceptors (Lipinski definition) is 4. The van der Waals surface area contributed by atoms with Gasteiger partial charge in [-0.1, -0.05) is 6.92 Å². The highest BCUT2D eigenvalue weighted by Crippen LogP contribution is 2.19. The van der Waals surface area contributed by atoms with E-state index in [1.165, 1.54) is 11.8 Å². The normalized spacial score (nSPS) is 23.3. The molecule has 8 heteroatoms. The van der Waals surface area contributed by atoms with Crippen LogP contribution in [0, 0.1) is 5.92 Å². The smallest absolute Gasteiger partial charge is 0.318 e. The molecular weight excluding hydrogens is 278 g/mol. The van der Waals surface area contributed by atoms with Crippen LogP contribution in [0.15, 0.2) is 0 Å². The molecule has 1 aliphatic carbocycles. The van der Waals surface area contributed by atoms with Gasteiger partial charge in [-0.3, -0.25) is 9.59 Å². The Bertz CT molecular complexity index is 424. The maximum absolute atomic E-state index is 12.1. The zero-order chi connectivity index (χ0) is 15.4. The van der Waals surface area contributed by atoms with Gasteiger partial charge in [0, 0.05) is 19.1 Å². The van der Waals surface area contributed by atoms with Crippen LogP contribution in [0.3, 0.4) is 0 Å². The predicted octanol–water partition coefficient (Wildman–Crippen LogP) is -0.604. The number of carbonyl (C=O) groups is 3. The summed E-state index contributed by atoms with van der Waals surface area (Å²) >= 11 is 0. The summed E-state index contributed by atoms with van der Waals surface area (Å²) in [4.78, 5) is 36.4. The third kappa shape index (κ3) is 4.32. The number of ether oxygens (including phenoxy) is 1. The van der Waals surface area contributed by atoms with Crippen molar-refractivity contribution in [1.29, 1.82) is 0 Å². The summed E-state index contributed by atoms with van der Waals surface area (Å²) in [5, 5.41) is 14.2. The molecule has 1 heterocycles. The topological polar surface area (TPSA) is 108 Å². The van der Waals surface area contributed by atoms with Crippen LogP contribution in [0.5, 0.6) is 0 Å². The molecule has 118 valence electrons. The minimum absolute atomic E-state index is 0.0302. The van der Waals surface area contributed by atoms with Crippen molar-refractivity contribution in [3.63, 3.8) is 0 Å². The largest absolute Gasteiger partial charge is 0.481 e. The molecule has 3 amide bonds. The molecule has 0 aromatic heterocycles. The van der Waals surface area contributed by atoms with Crippen molar-refractivity contribution >= 4 is 17.9 Å². The van der Waals surface area contributed by atoms with E-state index in [4.69, 9.17) is 9.84 Å². The second-order valence-corrected chi connectivity index (χ2v) is 5.49. The number of nitrogens with one attached hydrogen (secondary N) is 2. The molecule has 3 N–H and O–H groups in total. The molecule has 2 unspecified atom stereocenters. The molecule has 0 spiro atoms. The molecular formula is C13H21N3O5. The fourth-order valence-electron chi connectivity index (χ4n) is 2.02. The molecule has 2 rings (SSSR count). The Balaban J connectivity index is 1.88. The van der Waals surface area contributed by atoms with Crippen LogP contribution in [0.4, 0.5) is 4.79 Å². The highest BCUT2D eigenvalue weighted by atomic mass is 16.5. The van der Waals surface area contributed by atoms with E-state index in [1.54, 1.807) is 0 Å². The van der Waals surface area contributed by atoms with Crippen LogP contribution < -0.4 is 10.6 Å². The summed E-state index contributed by atoms with van der Waals surface area (Å²) in [6, 6.07) is -0.863. The zero-order valence-electron chi connectivity index (χ0n) is 12.0. The lowest BCUT2D eigenvalue weighted by Crippen LogP contribution is -2.58. The Morgan fingerprint density at radius 3 is 2.71 bits per heavy atom. The minimum atomic E-state index is -0.972. The number of nitrogens with zero attached hydrogens (tertiary/aromatic N) is 1. The first kappa shape index (κ1) is 15.6. The van der Waals surface area contributed by atoms with Gasteiger partial charge in [-0.2, -0.15) is 0 Å². The van der Waals surface area contributed by atoms with Gasteiger partial charge in [0.2, 0.25) is 5.91 Å². The summed E-state index contributed by atoms with van der Waals surface area (Å²) < 4.78 is 5.27. The van der Waals surface area contributed by atoms with Crippen molar-refractivity contribution in [2.24, 2.45) is 5.92 Å². The van der Waals surface area contributed by atoms with Crippen LogP contribution >= 0.6 is 0 Å². The maximum atomic E-state index is 12.1. The van der Waals surface area contributed by atoms with Crippen LogP contribution in [0.25, 0.3) is 0 Å². The van der Waals surface area contributed by atoms with E-state index in [2.05, 4.69) is 10.6 Å². The van der Waals surface area contributed by atoms with Crippen molar-refractivity contribution in [3.8, 4) is 0 Å². The van der Waals surface area contributed by atoms with Gasteiger partial charge in [-0.15, -0.1) is 0 Å². The lowest BCUT2D eigenvalue weighted by Gasteiger charge is -2.34. The highest BCUT2D eigenvalue weighted by Gasteiger charge is 2.35. The molecule has 0 aromatic rings. The average Bonchev–Trinajstić information content (AvgIpc) is 3.28. The van der Waals surface area contributed by atoms with E-state index < -0.39 is 24.0 Å². The standard InChI is InChI=1S/C13H21N3O5/c1-8(12(18)19)6-14-13(20)16-4-5-21-7-10(16)11(17)15-9-2-3-9/h8-10H,2-7H2,1H3,(H,14,20)(H,15,17)(H,18,19). The molecule has 0 bridgehead atoms. The van der Waals surface area contributed by atoms with Gasteiger partial charge in [-0.05, 0) is 12.8 Å². The summed E-state index contributed by atoms with van der Waals surface area (Å²) in [5.74, 6) is -1.85. The summed E-state index contributed by atoms with van der Waals surface area (Å²) in [6.45, 7) is 2.40. The number of amides is 3. The molecule has 2 atom stereocenters. The third-order valence-corrected chi connectivity index (χ3v) is 3.60. The van der Waals surface area contributed by atoms with E-state index in [1.807, 2.05) is 0 Å². The molecule has 0 radical (unpaired) electrons. The summed E-state index contributed by atoms with van der Waals surface area (Å²) in [7, 11) is 0. The number of carbonyl (C=O) groups excluding carboxylic acids is 2. The molecule has 2 aliphatic rings. The Hall–Kier alpha value is -1.83. The van der Waals surface area contributed by atoms with Gasteiger partial charge in [0.15, 0.2) is 0 Å². The Morgan fingerprint density at radius 2 is 2.10 bits per heavy atom. The zero-order valence-corrected chi connectivity index (χ0v) is 12.0. The first-order chi connectivity index (χ1) is 9.99. The number of carboxylic acid groups (broad SMARTS) is 1. The Morgan fingerprint density at radius 1 is 1.38 bits per heavy atom. The second kappa shape index (κ2) is 6.75. The van der Waals surface area contributed by atoms with Gasteiger partial charge in [-0.25, -0.2) is 4.79 Å². The Labute approximate surface area is 122 Å². The monoisotopic (exact) mass is 299 g/mol. The second-order valence-electron chi connectivity index (χ2n) is 5.49. The summed E-state index contributed by atoms with van der Waals surface area (Å²) in [6.07, 6.45) is 1.95. The van der Waals surface area contributed by atoms with Gasteiger partial charge in [0.1, 0.15) is 6.04 Å². The lowest BCUT2D eigenvalue weighted by atomic mass is 10.2. The van der Waals surface area contributed by atoms with Crippen LogP contribution in [0.2, 0.25) is 0 Å². The Kier molecular flexibility index (Phi) is 5.00. The van der Waals surface area contributed by atoms with Crippen molar-refractivity contribution < 1.29 is 24.2 Å². The fraction of sp³-hybridized carbons (Fsp3) is 0.769. The maximum Gasteiger partial charge on any atom is 0.318 e. The quantitative estimate of drug-likeness (QED) is 0.628. The van der Waals surface area contributed by atoms with Crippen molar-refractivity contribution in [2.45, 2.75) is 31.8 Å². The van der Waals surface area contributed by atoms with E-state index in [9.17, 15) is 14.4 Å². The number of urea groups is 1. The minimum Gasteiger partial charge on any atom is -0.481 e. The molecule has 8 nitrogen and oxygen atoms in total. The molecule has 1 saturated carbocycles. The first-order valence-corrected chi connectivity index (χ1v) is 7.14. The van der Waals surface area contributed by atoms with Crippen molar-refractivity contribution in [3.05, 3.63) is 0 Å². The van der Waals surface area contributed by atoms with Gasteiger partial charge in [0.05, 0.1) is 19.1 Å².